The Hall–Kier alpha value is -0.350. The van der Waals surface area contributed by atoms with Gasteiger partial charge < -0.3 is 0 Å². The third kappa shape index (κ3) is 1.02. The summed E-state index contributed by atoms with van der Waals surface area (Å²) >= 11 is 0. The van der Waals surface area contributed by atoms with Crippen LogP contribution in [0.5, 0.6) is 0 Å². The number of hydrogen-bond acceptors (Lipinski definition) is 2. The van der Waals surface area contributed by atoms with E-state index < -0.39 is 10.0 Å². The van der Waals surface area contributed by atoms with Gasteiger partial charge in [0.05, 0.1) is 5.25 Å². The molecule has 0 heterocycles. The van der Waals surface area contributed by atoms with Crippen LogP contribution in [-0.2, 0) is 10.0 Å². The van der Waals surface area contributed by atoms with Crippen molar-refractivity contribution in [1.82, 2.24) is 0 Å². The maximum atomic E-state index is 11.2. The molecule has 12 heavy (non-hydrogen) atoms. The minimum Gasteiger partial charge on any atom is -0.228 e. The van der Waals surface area contributed by atoms with Crippen molar-refractivity contribution >= 4 is 10.0 Å². The lowest BCUT2D eigenvalue weighted by Crippen LogP contribution is -2.36. The van der Waals surface area contributed by atoms with Crippen LogP contribution in [0.4, 0.5) is 0 Å². The van der Waals surface area contributed by atoms with Gasteiger partial charge in [0.15, 0.2) is 0 Å². The minimum atomic E-state index is -3.33. The predicted molar refractivity (Wildman–Crippen MR) is 46.8 cm³/mol. The highest BCUT2D eigenvalue weighted by molar-refractivity contribution is 7.89. The summed E-state index contributed by atoms with van der Waals surface area (Å²) < 4.78 is 22.4. The van der Waals surface area contributed by atoms with Crippen LogP contribution in [0.25, 0.3) is 0 Å². The summed E-state index contributed by atoms with van der Waals surface area (Å²) in [6.07, 6.45) is 5.10. The molecule has 0 radical (unpaired) electrons. The molecule has 4 heteroatoms. The van der Waals surface area contributed by atoms with E-state index in [0.717, 1.165) is 6.42 Å². The van der Waals surface area contributed by atoms with E-state index >= 15 is 0 Å². The second kappa shape index (κ2) is 2.33. The van der Waals surface area contributed by atoms with Crippen molar-refractivity contribution in [2.45, 2.75) is 18.6 Å². The molecule has 0 saturated heterocycles. The maximum Gasteiger partial charge on any atom is 0.212 e. The van der Waals surface area contributed by atoms with Crippen molar-refractivity contribution in [2.75, 3.05) is 0 Å². The van der Waals surface area contributed by atoms with Gasteiger partial charge in [0.25, 0.3) is 0 Å². The van der Waals surface area contributed by atoms with E-state index in [1.165, 1.54) is 0 Å². The molecule has 0 aromatic heterocycles. The Morgan fingerprint density at radius 1 is 1.33 bits per heavy atom. The summed E-state index contributed by atoms with van der Waals surface area (Å²) in [5.74, 6) is 0.827. The second-order valence-electron chi connectivity index (χ2n) is 3.86. The van der Waals surface area contributed by atoms with Crippen LogP contribution in [0.1, 0.15) is 13.3 Å². The van der Waals surface area contributed by atoms with Crippen molar-refractivity contribution in [3.63, 3.8) is 0 Å². The Morgan fingerprint density at radius 2 is 1.92 bits per heavy atom. The van der Waals surface area contributed by atoms with Crippen molar-refractivity contribution < 1.29 is 8.42 Å². The highest BCUT2D eigenvalue weighted by Crippen LogP contribution is 2.45. The van der Waals surface area contributed by atoms with Crippen LogP contribution in [-0.4, -0.2) is 13.7 Å². The second-order valence-corrected chi connectivity index (χ2v) is 5.58. The fraction of sp³-hybridized carbons (Fsp3) is 0.750. The lowest BCUT2D eigenvalue weighted by Gasteiger charge is -2.22. The average molecular weight is 187 g/mol. The first-order valence-corrected chi connectivity index (χ1v) is 5.81. The maximum absolute atomic E-state index is 11.2. The van der Waals surface area contributed by atoms with E-state index in [-0.39, 0.29) is 17.1 Å². The lowest BCUT2D eigenvalue weighted by atomic mass is 9.95. The summed E-state index contributed by atoms with van der Waals surface area (Å²) in [6, 6.07) is 0. The van der Waals surface area contributed by atoms with Crippen molar-refractivity contribution in [2.24, 2.45) is 22.9 Å². The molecule has 0 spiro atoms. The van der Waals surface area contributed by atoms with Crippen LogP contribution in [0.2, 0.25) is 0 Å². The molecule has 0 amide bonds. The third-order valence-corrected chi connectivity index (χ3v) is 4.68. The molecule has 4 atom stereocenters. The van der Waals surface area contributed by atoms with E-state index in [1.807, 2.05) is 13.0 Å². The summed E-state index contributed by atoms with van der Waals surface area (Å²) in [5.41, 5.74) is 0. The van der Waals surface area contributed by atoms with Gasteiger partial charge in [-0.05, 0) is 24.2 Å². The number of rotatable bonds is 1. The highest BCUT2D eigenvalue weighted by Gasteiger charge is 2.47. The number of allylic oxidation sites excluding steroid dienone is 2. The molecule has 2 aliphatic carbocycles. The van der Waals surface area contributed by atoms with E-state index in [1.54, 1.807) is 0 Å². The van der Waals surface area contributed by atoms with Gasteiger partial charge in [-0.3, -0.25) is 0 Å². The molecule has 2 bridgehead atoms. The number of primary sulfonamides is 1. The van der Waals surface area contributed by atoms with Gasteiger partial charge in [0.1, 0.15) is 0 Å². The number of nitrogens with two attached hydrogens (primary N) is 1. The van der Waals surface area contributed by atoms with Gasteiger partial charge in [0, 0.05) is 0 Å². The van der Waals surface area contributed by atoms with Crippen LogP contribution in [0.3, 0.4) is 0 Å². The molecule has 3 nitrogen and oxygen atoms in total. The highest BCUT2D eigenvalue weighted by atomic mass is 32.2. The Labute approximate surface area is 72.7 Å². The largest absolute Gasteiger partial charge is 0.228 e. The molecule has 2 aliphatic rings. The van der Waals surface area contributed by atoms with Gasteiger partial charge in [-0.2, -0.15) is 0 Å². The molecule has 1 saturated carbocycles. The molecule has 0 aromatic rings. The summed E-state index contributed by atoms with van der Waals surface area (Å²) in [4.78, 5) is 0. The van der Waals surface area contributed by atoms with E-state index in [0.29, 0.717) is 5.92 Å². The quantitative estimate of drug-likeness (QED) is 0.607. The zero-order valence-electron chi connectivity index (χ0n) is 6.97. The van der Waals surface area contributed by atoms with Crippen LogP contribution >= 0.6 is 0 Å². The van der Waals surface area contributed by atoms with Crippen LogP contribution in [0.15, 0.2) is 12.2 Å². The van der Waals surface area contributed by atoms with Gasteiger partial charge in [-0.25, -0.2) is 13.6 Å². The molecule has 2 rings (SSSR count). The number of sulfonamides is 1. The third-order valence-electron chi connectivity index (χ3n) is 3.14. The smallest absolute Gasteiger partial charge is 0.212 e. The Kier molecular flexibility index (Phi) is 1.60. The fourth-order valence-electron chi connectivity index (χ4n) is 2.57. The number of fused-ring (bicyclic) bond motifs is 2. The van der Waals surface area contributed by atoms with Gasteiger partial charge in [-0.1, -0.05) is 19.1 Å². The Balaban J connectivity index is 2.36. The molecule has 1 fully saturated rings. The molecule has 4 unspecified atom stereocenters. The molecule has 0 aliphatic heterocycles. The number of hydrogen-bond donors (Lipinski definition) is 1. The Morgan fingerprint density at radius 3 is 2.25 bits per heavy atom. The van der Waals surface area contributed by atoms with Gasteiger partial charge in [-0.15, -0.1) is 0 Å². The van der Waals surface area contributed by atoms with E-state index in [9.17, 15) is 8.42 Å². The van der Waals surface area contributed by atoms with Crippen LogP contribution in [0, 0.1) is 17.8 Å². The van der Waals surface area contributed by atoms with Crippen molar-refractivity contribution in [3.8, 4) is 0 Å². The summed E-state index contributed by atoms with van der Waals surface area (Å²) in [6.45, 7) is 1.98. The first-order valence-electron chi connectivity index (χ1n) is 4.20. The predicted octanol–water partition coefficient (Wildman–Crippen LogP) is 0.486. The lowest BCUT2D eigenvalue weighted by molar-refractivity contribution is 0.476. The molecule has 68 valence electrons. The van der Waals surface area contributed by atoms with Crippen LogP contribution < -0.4 is 5.14 Å². The van der Waals surface area contributed by atoms with E-state index in [4.69, 9.17) is 5.14 Å². The fourth-order valence-corrected chi connectivity index (χ4v) is 4.06. The zero-order valence-corrected chi connectivity index (χ0v) is 7.79. The summed E-state index contributed by atoms with van der Waals surface area (Å²) in [5, 5.41) is 4.83. The minimum absolute atomic E-state index is 0.181. The SMILES string of the molecule is CC1C2C=CC(C2)C1S(N)(=O)=O. The van der Waals surface area contributed by atoms with E-state index in [2.05, 4.69) is 6.08 Å². The van der Waals surface area contributed by atoms with Crippen molar-refractivity contribution in [1.29, 1.82) is 0 Å². The topological polar surface area (TPSA) is 60.2 Å². The zero-order chi connectivity index (χ0) is 8.93. The molecule has 0 aromatic carbocycles. The average Bonchev–Trinajstić information content (AvgIpc) is 2.42. The first kappa shape index (κ1) is 8.26. The Bertz CT molecular complexity index is 320. The molecule has 2 N–H and O–H groups in total. The molecular formula is C8H13NO2S. The standard InChI is InChI=1S/C8H13NO2S/c1-5-6-2-3-7(4-6)8(5)12(9,10)11/h2-3,5-8H,4H2,1H3,(H2,9,10,11). The van der Waals surface area contributed by atoms with Gasteiger partial charge >= 0.3 is 0 Å². The van der Waals surface area contributed by atoms with Crippen molar-refractivity contribution in [3.05, 3.63) is 12.2 Å². The summed E-state index contributed by atoms with van der Waals surface area (Å²) in [7, 11) is -3.33. The van der Waals surface area contributed by atoms with Gasteiger partial charge in [0.2, 0.25) is 10.0 Å². The monoisotopic (exact) mass is 187 g/mol. The first-order chi connectivity index (χ1) is 5.50. The normalized spacial score (nSPS) is 45.5. The molecular weight excluding hydrogens is 174 g/mol.